The minimum atomic E-state index is -1.96. The van der Waals surface area contributed by atoms with Crippen LogP contribution in [0.2, 0.25) is 23.2 Å². The molecule has 46 heavy (non-hydrogen) atoms. The van der Waals surface area contributed by atoms with E-state index in [9.17, 15) is 9.59 Å². The lowest BCUT2D eigenvalue weighted by atomic mass is 10.2. The van der Waals surface area contributed by atoms with Gasteiger partial charge in [-0.05, 0) is 96.4 Å². The number of hydrogen-bond acceptors (Lipinski definition) is 9. The van der Waals surface area contributed by atoms with Crippen LogP contribution in [0.1, 0.15) is 68.7 Å². The van der Waals surface area contributed by atoms with E-state index in [1.807, 2.05) is 20.8 Å². The number of carbonyl (C=O) groups is 2. The zero-order valence-electron chi connectivity index (χ0n) is 28.8. The fourth-order valence-electron chi connectivity index (χ4n) is 3.85. The first-order valence-electron chi connectivity index (χ1n) is 15.3. The van der Waals surface area contributed by atoms with Crippen LogP contribution in [-0.2, 0) is 13.9 Å². The first-order chi connectivity index (χ1) is 21.2. The smallest absolute Gasteiger partial charge is 0.421 e. The monoisotopic (exact) mass is 670 g/mol. The number of nitrogens with zero attached hydrogens (tertiary/aromatic N) is 6. The van der Waals surface area contributed by atoms with Crippen LogP contribution in [0.15, 0.2) is 48.9 Å². The summed E-state index contributed by atoms with van der Waals surface area (Å²) in [5.41, 5.74) is -0.510. The Balaban J connectivity index is 1.97. The maximum atomic E-state index is 13.4. The Kier molecular flexibility index (Phi) is 11.6. The van der Waals surface area contributed by atoms with E-state index in [0.29, 0.717) is 41.7 Å². The van der Waals surface area contributed by atoms with Gasteiger partial charge in [-0.15, -0.1) is 0 Å². The van der Waals surface area contributed by atoms with Crippen molar-refractivity contribution in [3.63, 3.8) is 0 Å². The molecule has 2 aromatic heterocycles. The number of pyridine rings is 1. The SMILES string of the molecule is CC(C)(C)OC(=O)N(CCCO[Si](C)(C)C(C)(C)C)c1cc(-c2ncnc(N(C(=O)OC(C)(C)C)c3cccc(Cl)c3)n2)ccn1. The first kappa shape index (κ1) is 36.9. The van der Waals surface area contributed by atoms with Gasteiger partial charge in [0.2, 0.25) is 5.95 Å². The van der Waals surface area contributed by atoms with Gasteiger partial charge in [0, 0.05) is 29.9 Å². The molecule has 3 aromatic rings. The summed E-state index contributed by atoms with van der Waals surface area (Å²) in [5, 5.41) is 0.499. The molecule has 2 amide bonds. The number of hydrogen-bond donors (Lipinski definition) is 0. The van der Waals surface area contributed by atoms with E-state index in [1.165, 1.54) is 16.1 Å². The van der Waals surface area contributed by atoms with Crippen LogP contribution in [0.4, 0.5) is 27.0 Å². The average Bonchev–Trinajstić information content (AvgIpc) is 2.91. The quantitative estimate of drug-likeness (QED) is 0.162. The maximum absolute atomic E-state index is 13.4. The van der Waals surface area contributed by atoms with Crippen LogP contribution < -0.4 is 9.80 Å². The number of benzene rings is 1. The Hall–Kier alpha value is -3.61. The molecule has 0 aliphatic rings. The Bertz CT molecular complexity index is 1520. The number of ether oxygens (including phenoxy) is 2. The van der Waals surface area contributed by atoms with Gasteiger partial charge in [-0.1, -0.05) is 38.4 Å². The molecule has 0 saturated carbocycles. The topological polar surface area (TPSA) is 120 Å². The second-order valence-corrected chi connectivity index (χ2v) is 19.6. The molecule has 0 bridgehead atoms. The highest BCUT2D eigenvalue weighted by Crippen LogP contribution is 2.36. The molecule has 1 aromatic carbocycles. The Morgan fingerprint density at radius 2 is 1.52 bits per heavy atom. The first-order valence-corrected chi connectivity index (χ1v) is 18.5. The molecule has 0 radical (unpaired) electrons. The van der Waals surface area contributed by atoms with Crippen molar-refractivity contribution in [2.45, 2.75) is 98.1 Å². The zero-order chi connectivity index (χ0) is 34.5. The van der Waals surface area contributed by atoms with Crippen molar-refractivity contribution in [1.29, 1.82) is 0 Å². The van der Waals surface area contributed by atoms with E-state index in [2.05, 4.69) is 53.8 Å². The molecule has 0 aliphatic carbocycles. The highest BCUT2D eigenvalue weighted by Gasteiger charge is 2.37. The molecule has 13 heteroatoms. The van der Waals surface area contributed by atoms with Crippen molar-refractivity contribution in [3.05, 3.63) is 53.9 Å². The molecule has 0 spiro atoms. The van der Waals surface area contributed by atoms with Crippen molar-refractivity contribution < 1.29 is 23.5 Å². The van der Waals surface area contributed by atoms with Gasteiger partial charge in [0.15, 0.2) is 14.1 Å². The van der Waals surface area contributed by atoms with E-state index in [-0.39, 0.29) is 16.8 Å². The summed E-state index contributed by atoms with van der Waals surface area (Å²) in [6.07, 6.45) is 2.25. The largest absolute Gasteiger partial charge is 0.443 e. The number of amides is 2. The Morgan fingerprint density at radius 1 is 0.870 bits per heavy atom. The average molecular weight is 671 g/mol. The van der Waals surface area contributed by atoms with Crippen molar-refractivity contribution >= 4 is 49.6 Å². The minimum absolute atomic E-state index is 0.0339. The maximum Gasteiger partial charge on any atom is 0.421 e. The minimum Gasteiger partial charge on any atom is -0.443 e. The summed E-state index contributed by atoms with van der Waals surface area (Å²) in [4.78, 5) is 47.2. The normalized spacial score (nSPS) is 12.4. The lowest BCUT2D eigenvalue weighted by Crippen LogP contribution is -2.42. The van der Waals surface area contributed by atoms with Crippen LogP contribution in [0, 0.1) is 0 Å². The molecule has 11 nitrogen and oxygen atoms in total. The fraction of sp³-hybridized carbons (Fsp3) is 0.515. The van der Waals surface area contributed by atoms with Gasteiger partial charge < -0.3 is 13.9 Å². The van der Waals surface area contributed by atoms with Gasteiger partial charge in [-0.3, -0.25) is 4.90 Å². The number of rotatable bonds is 9. The predicted octanol–water partition coefficient (Wildman–Crippen LogP) is 8.81. The summed E-state index contributed by atoms with van der Waals surface area (Å²) in [7, 11) is -1.96. The van der Waals surface area contributed by atoms with Gasteiger partial charge in [-0.2, -0.15) is 4.98 Å². The summed E-state index contributed by atoms with van der Waals surface area (Å²) >= 11 is 6.25. The number of anilines is 3. The molecule has 0 unspecified atom stereocenters. The van der Waals surface area contributed by atoms with Gasteiger partial charge in [-0.25, -0.2) is 29.4 Å². The van der Waals surface area contributed by atoms with Crippen LogP contribution in [0.5, 0.6) is 0 Å². The predicted molar refractivity (Wildman–Crippen MR) is 184 cm³/mol. The second kappa shape index (κ2) is 14.4. The lowest BCUT2D eigenvalue weighted by molar-refractivity contribution is 0.0572. The Labute approximate surface area is 278 Å². The Morgan fingerprint density at radius 3 is 2.13 bits per heavy atom. The molecular formula is C33H47ClN6O5Si. The van der Waals surface area contributed by atoms with E-state index in [1.54, 1.807) is 63.4 Å². The van der Waals surface area contributed by atoms with Gasteiger partial charge in [0.05, 0.1) is 5.69 Å². The molecule has 0 N–H and O–H groups in total. The third kappa shape index (κ3) is 10.5. The summed E-state index contributed by atoms with van der Waals surface area (Å²) in [5.74, 6) is 0.654. The van der Waals surface area contributed by atoms with Crippen LogP contribution in [0.3, 0.4) is 0 Å². The number of halogens is 1. The van der Waals surface area contributed by atoms with E-state index >= 15 is 0 Å². The van der Waals surface area contributed by atoms with Crippen LogP contribution >= 0.6 is 11.6 Å². The van der Waals surface area contributed by atoms with Crippen LogP contribution in [-0.4, -0.2) is 64.8 Å². The molecule has 0 fully saturated rings. The van der Waals surface area contributed by atoms with Gasteiger partial charge in [0.25, 0.3) is 0 Å². The molecule has 250 valence electrons. The molecule has 2 heterocycles. The van der Waals surface area contributed by atoms with Crippen molar-refractivity contribution in [2.75, 3.05) is 23.0 Å². The third-order valence-electron chi connectivity index (χ3n) is 7.09. The van der Waals surface area contributed by atoms with Gasteiger partial charge in [0.1, 0.15) is 23.3 Å². The van der Waals surface area contributed by atoms with E-state index in [4.69, 9.17) is 25.5 Å². The standard InChI is InChI=1S/C33H47ClN6O5Si/c1-31(2,3)44-29(41)39(18-13-19-43-46(10,11)33(7,8)9)26-20-23(16-17-35-26)27-36-22-37-28(38-27)40(30(42)45-32(4,5)6)25-15-12-14-24(34)21-25/h12,14-17,20-22H,13,18-19H2,1-11H3. The van der Waals surface area contributed by atoms with Crippen molar-refractivity contribution in [3.8, 4) is 11.4 Å². The summed E-state index contributed by atoms with van der Waals surface area (Å²) in [6, 6.07) is 10.2. The summed E-state index contributed by atoms with van der Waals surface area (Å²) < 4.78 is 17.7. The summed E-state index contributed by atoms with van der Waals surface area (Å²) in [6.45, 7) is 22.5. The number of aromatic nitrogens is 4. The van der Waals surface area contributed by atoms with Crippen molar-refractivity contribution in [1.82, 2.24) is 19.9 Å². The third-order valence-corrected chi connectivity index (χ3v) is 11.9. The molecular weight excluding hydrogens is 624 g/mol. The zero-order valence-corrected chi connectivity index (χ0v) is 30.6. The highest BCUT2D eigenvalue weighted by molar-refractivity contribution is 6.74. The van der Waals surface area contributed by atoms with Crippen LogP contribution in [0.25, 0.3) is 11.4 Å². The van der Waals surface area contributed by atoms with Gasteiger partial charge >= 0.3 is 12.2 Å². The second-order valence-electron chi connectivity index (χ2n) is 14.4. The van der Waals surface area contributed by atoms with Crippen molar-refractivity contribution in [2.24, 2.45) is 0 Å². The fourth-order valence-corrected chi connectivity index (χ4v) is 5.12. The van der Waals surface area contributed by atoms with E-state index in [0.717, 1.165) is 0 Å². The lowest BCUT2D eigenvalue weighted by Gasteiger charge is -2.36. The molecule has 0 atom stereocenters. The highest BCUT2D eigenvalue weighted by atomic mass is 35.5. The van der Waals surface area contributed by atoms with E-state index < -0.39 is 31.7 Å². The molecule has 0 saturated heterocycles. The molecule has 3 rings (SSSR count). The molecule has 0 aliphatic heterocycles. The number of carbonyl (C=O) groups excluding carboxylic acids is 2.